The summed E-state index contributed by atoms with van der Waals surface area (Å²) >= 11 is 1.31. The van der Waals surface area contributed by atoms with Crippen LogP contribution in [-0.2, 0) is 4.79 Å². The van der Waals surface area contributed by atoms with E-state index in [-0.39, 0.29) is 11.2 Å². The van der Waals surface area contributed by atoms with Gasteiger partial charge in [-0.15, -0.1) is 5.10 Å². The van der Waals surface area contributed by atoms with Crippen molar-refractivity contribution >= 4 is 17.7 Å². The maximum Gasteiger partial charge on any atom is 0.324 e. The van der Waals surface area contributed by atoms with Crippen LogP contribution in [0, 0.1) is 13.8 Å². The van der Waals surface area contributed by atoms with Gasteiger partial charge in [0, 0.05) is 0 Å². The number of H-pyrrole nitrogens is 1. The minimum atomic E-state index is -0.342. The molecular weight excluding hydrogens is 262 g/mol. The van der Waals surface area contributed by atoms with Crippen molar-refractivity contribution in [3.63, 3.8) is 0 Å². The van der Waals surface area contributed by atoms with E-state index < -0.39 is 0 Å². The molecule has 2 aromatic rings. The summed E-state index contributed by atoms with van der Waals surface area (Å²) in [5, 5.41) is 10.4. The van der Waals surface area contributed by atoms with Gasteiger partial charge in [0.2, 0.25) is 0 Å². The van der Waals surface area contributed by atoms with Gasteiger partial charge in [-0.1, -0.05) is 29.5 Å². The van der Waals surface area contributed by atoms with Crippen molar-refractivity contribution in [1.82, 2.24) is 15.4 Å². The number of esters is 1. The van der Waals surface area contributed by atoms with E-state index in [1.165, 1.54) is 11.8 Å². The maximum absolute atomic E-state index is 12.0. The fourth-order valence-corrected chi connectivity index (χ4v) is 2.30. The lowest BCUT2D eigenvalue weighted by Crippen LogP contribution is -2.20. The lowest BCUT2D eigenvalue weighted by Gasteiger charge is -2.11. The molecule has 0 aliphatic heterocycles. The van der Waals surface area contributed by atoms with Gasteiger partial charge < -0.3 is 4.74 Å². The molecule has 6 heteroatoms. The van der Waals surface area contributed by atoms with Crippen LogP contribution < -0.4 is 4.74 Å². The van der Waals surface area contributed by atoms with E-state index in [1.54, 1.807) is 13.1 Å². The van der Waals surface area contributed by atoms with Gasteiger partial charge >= 0.3 is 5.97 Å². The zero-order chi connectivity index (χ0) is 13.8. The first kappa shape index (κ1) is 13.6. The molecule has 0 fully saturated rings. The van der Waals surface area contributed by atoms with Crippen molar-refractivity contribution in [2.24, 2.45) is 0 Å². The first-order valence-corrected chi connectivity index (χ1v) is 6.75. The van der Waals surface area contributed by atoms with E-state index in [9.17, 15) is 4.79 Å². The molecule has 1 aromatic carbocycles. The molecule has 0 aliphatic rings. The van der Waals surface area contributed by atoms with Crippen LogP contribution in [0.2, 0.25) is 0 Å². The molecule has 1 atom stereocenters. The van der Waals surface area contributed by atoms with Crippen LogP contribution in [0.1, 0.15) is 18.1 Å². The summed E-state index contributed by atoms with van der Waals surface area (Å²) < 4.78 is 5.39. The molecule has 19 heavy (non-hydrogen) atoms. The van der Waals surface area contributed by atoms with E-state index in [0.29, 0.717) is 10.8 Å². The van der Waals surface area contributed by atoms with Gasteiger partial charge in [-0.3, -0.25) is 4.79 Å². The number of carbonyl (C=O) groups is 1. The summed E-state index contributed by atoms with van der Waals surface area (Å²) in [6.07, 6.45) is 1.57. The van der Waals surface area contributed by atoms with Crippen LogP contribution in [0.5, 0.6) is 5.75 Å². The van der Waals surface area contributed by atoms with Crippen molar-refractivity contribution < 1.29 is 9.53 Å². The monoisotopic (exact) mass is 277 g/mol. The molecular formula is C13H15N3O2S. The highest BCUT2D eigenvalue weighted by Crippen LogP contribution is 2.24. The molecule has 1 aromatic heterocycles. The van der Waals surface area contributed by atoms with Crippen LogP contribution in [-0.4, -0.2) is 26.6 Å². The SMILES string of the molecule is Cc1ccc(OC(=O)C(C)Sc2cn[nH]n2)c(C)c1. The number of aromatic amines is 1. The fourth-order valence-electron chi connectivity index (χ4n) is 1.58. The number of carbonyl (C=O) groups excluding carboxylic acids is 1. The number of rotatable bonds is 4. The number of nitrogens with zero attached hydrogens (tertiary/aromatic N) is 2. The van der Waals surface area contributed by atoms with Crippen molar-refractivity contribution in [3.8, 4) is 5.75 Å². The van der Waals surface area contributed by atoms with E-state index in [1.807, 2.05) is 32.0 Å². The lowest BCUT2D eigenvalue weighted by molar-refractivity contribution is -0.133. The molecule has 0 saturated carbocycles. The van der Waals surface area contributed by atoms with Gasteiger partial charge in [-0.2, -0.15) is 10.3 Å². The molecule has 0 aliphatic carbocycles. The molecule has 1 heterocycles. The smallest absolute Gasteiger partial charge is 0.324 e. The number of aromatic nitrogens is 3. The summed E-state index contributed by atoms with van der Waals surface area (Å²) in [7, 11) is 0. The third kappa shape index (κ3) is 3.57. The number of aryl methyl sites for hydroxylation is 2. The Hall–Kier alpha value is -1.82. The third-order valence-electron chi connectivity index (χ3n) is 2.56. The number of nitrogens with one attached hydrogen (secondary N) is 1. The highest BCUT2D eigenvalue weighted by Gasteiger charge is 2.18. The van der Waals surface area contributed by atoms with E-state index in [2.05, 4.69) is 15.4 Å². The molecule has 100 valence electrons. The maximum atomic E-state index is 12.0. The minimum absolute atomic E-state index is 0.292. The second-order valence-corrected chi connectivity index (χ2v) is 5.62. The lowest BCUT2D eigenvalue weighted by atomic mass is 10.1. The normalized spacial score (nSPS) is 12.2. The Labute approximate surface area is 115 Å². The van der Waals surface area contributed by atoms with Crippen LogP contribution >= 0.6 is 11.8 Å². The molecule has 0 bridgehead atoms. The van der Waals surface area contributed by atoms with Crippen LogP contribution in [0.3, 0.4) is 0 Å². The molecule has 0 radical (unpaired) electrons. The van der Waals surface area contributed by atoms with Crippen LogP contribution in [0.15, 0.2) is 29.4 Å². The van der Waals surface area contributed by atoms with E-state index >= 15 is 0 Å². The van der Waals surface area contributed by atoms with Gasteiger partial charge in [0.1, 0.15) is 16.0 Å². The molecule has 1 N–H and O–H groups in total. The standard InChI is InChI=1S/C13H15N3O2S/c1-8-4-5-11(9(2)6-8)18-13(17)10(3)19-12-7-14-16-15-12/h4-7,10H,1-3H3,(H,14,15,16). The Morgan fingerprint density at radius 3 is 2.84 bits per heavy atom. The fraction of sp³-hybridized carbons (Fsp3) is 0.308. The number of hydrogen-bond donors (Lipinski definition) is 1. The molecule has 2 rings (SSSR count). The predicted octanol–water partition coefficient (Wildman–Crippen LogP) is 2.51. The minimum Gasteiger partial charge on any atom is -0.425 e. The summed E-state index contributed by atoms with van der Waals surface area (Å²) in [5.41, 5.74) is 2.09. The van der Waals surface area contributed by atoms with Crippen LogP contribution in [0.25, 0.3) is 0 Å². The Morgan fingerprint density at radius 2 is 2.21 bits per heavy atom. The second-order valence-electron chi connectivity index (χ2n) is 4.26. The van der Waals surface area contributed by atoms with Gasteiger partial charge in [0.25, 0.3) is 0 Å². The highest BCUT2D eigenvalue weighted by molar-refractivity contribution is 8.00. The van der Waals surface area contributed by atoms with E-state index in [0.717, 1.165) is 11.1 Å². The topological polar surface area (TPSA) is 67.9 Å². The van der Waals surface area contributed by atoms with Crippen molar-refractivity contribution in [1.29, 1.82) is 0 Å². The summed E-state index contributed by atoms with van der Waals surface area (Å²) in [6.45, 7) is 5.71. The van der Waals surface area contributed by atoms with Crippen LogP contribution in [0.4, 0.5) is 0 Å². The quantitative estimate of drug-likeness (QED) is 0.528. The highest BCUT2D eigenvalue weighted by atomic mass is 32.2. The largest absolute Gasteiger partial charge is 0.425 e. The third-order valence-corrected chi connectivity index (χ3v) is 3.55. The van der Waals surface area contributed by atoms with Gasteiger partial charge in [-0.25, -0.2) is 0 Å². The molecule has 1 unspecified atom stereocenters. The van der Waals surface area contributed by atoms with Crippen molar-refractivity contribution in [2.45, 2.75) is 31.0 Å². The van der Waals surface area contributed by atoms with Crippen molar-refractivity contribution in [2.75, 3.05) is 0 Å². The number of benzene rings is 1. The average molecular weight is 277 g/mol. The van der Waals surface area contributed by atoms with Crippen molar-refractivity contribution in [3.05, 3.63) is 35.5 Å². The van der Waals surface area contributed by atoms with Gasteiger partial charge in [0.15, 0.2) is 0 Å². The first-order chi connectivity index (χ1) is 9.06. The number of hydrogen-bond acceptors (Lipinski definition) is 5. The Kier molecular flexibility index (Phi) is 4.21. The average Bonchev–Trinajstić information content (AvgIpc) is 2.85. The van der Waals surface area contributed by atoms with Gasteiger partial charge in [-0.05, 0) is 32.4 Å². The summed E-state index contributed by atoms with van der Waals surface area (Å²) in [6, 6.07) is 5.72. The zero-order valence-electron chi connectivity index (χ0n) is 11.0. The van der Waals surface area contributed by atoms with E-state index in [4.69, 9.17) is 4.74 Å². The number of ether oxygens (including phenoxy) is 1. The first-order valence-electron chi connectivity index (χ1n) is 5.87. The molecule has 0 saturated heterocycles. The second kappa shape index (κ2) is 5.88. The van der Waals surface area contributed by atoms with Gasteiger partial charge in [0.05, 0.1) is 6.20 Å². The Bertz CT molecular complexity index is 569. The number of thioether (sulfide) groups is 1. The summed E-state index contributed by atoms with van der Waals surface area (Å²) in [5.74, 6) is 0.308. The Morgan fingerprint density at radius 1 is 1.42 bits per heavy atom. The Balaban J connectivity index is 2.00. The molecule has 0 spiro atoms. The predicted molar refractivity (Wildman–Crippen MR) is 73.3 cm³/mol. The molecule has 0 amide bonds. The summed E-state index contributed by atoms with van der Waals surface area (Å²) in [4.78, 5) is 12.0. The molecule has 5 nitrogen and oxygen atoms in total. The zero-order valence-corrected chi connectivity index (χ0v) is 11.8.